The maximum absolute atomic E-state index is 14.8. The monoisotopic (exact) mass is 518 g/mol. The molecule has 2 rings (SSSR count). The highest BCUT2D eigenvalue weighted by Crippen LogP contribution is 2.38. The molecule has 1 unspecified atom stereocenters. The molecule has 1 N–H and O–H groups in total. The zero-order chi connectivity index (χ0) is 26.1. The Balaban J connectivity index is 2.54. The van der Waals surface area contributed by atoms with Crippen LogP contribution in [0.3, 0.4) is 0 Å². The van der Waals surface area contributed by atoms with Crippen LogP contribution in [0.25, 0.3) is 0 Å². The average molecular weight is 519 g/mol. The maximum Gasteiger partial charge on any atom is 0.267 e. The molecule has 10 heteroatoms. The SMILES string of the molecule is CC(C)(C)[S@@](=O)NC(c1ccc(F)c(F)c1)(c1ccc(CO[Si](C)(C)C(C)(C)C)cn1)C(F)F. The van der Waals surface area contributed by atoms with E-state index in [4.69, 9.17) is 4.43 Å². The van der Waals surface area contributed by atoms with Gasteiger partial charge >= 0.3 is 0 Å². The van der Waals surface area contributed by atoms with E-state index in [0.717, 1.165) is 12.1 Å². The zero-order valence-electron chi connectivity index (χ0n) is 20.9. The number of pyridine rings is 1. The van der Waals surface area contributed by atoms with Crippen LogP contribution in [0.1, 0.15) is 58.4 Å². The molecule has 0 spiro atoms. The normalized spacial score (nSPS) is 15.9. The lowest BCUT2D eigenvalue weighted by molar-refractivity contribution is 0.0627. The third-order valence-corrected chi connectivity index (χ3v) is 12.2. The molecule has 1 heterocycles. The summed E-state index contributed by atoms with van der Waals surface area (Å²) in [5.41, 5.74) is -2.19. The number of aromatic nitrogens is 1. The van der Waals surface area contributed by atoms with Crippen LogP contribution in [0.5, 0.6) is 0 Å². The van der Waals surface area contributed by atoms with Gasteiger partial charge in [0.1, 0.15) is 0 Å². The van der Waals surface area contributed by atoms with Gasteiger partial charge in [-0.05, 0) is 68.2 Å². The van der Waals surface area contributed by atoms with Crippen LogP contribution < -0.4 is 4.72 Å². The first-order chi connectivity index (χ1) is 15.4. The molecule has 1 aromatic carbocycles. The smallest absolute Gasteiger partial charge is 0.267 e. The number of benzene rings is 1. The molecule has 0 aliphatic rings. The average Bonchev–Trinajstić information content (AvgIpc) is 2.71. The van der Waals surface area contributed by atoms with Crippen molar-refractivity contribution in [3.63, 3.8) is 0 Å². The molecular weight excluding hydrogens is 484 g/mol. The molecule has 34 heavy (non-hydrogen) atoms. The number of hydrogen-bond donors (Lipinski definition) is 1. The largest absolute Gasteiger partial charge is 0.413 e. The highest BCUT2D eigenvalue weighted by atomic mass is 32.2. The van der Waals surface area contributed by atoms with E-state index in [1.165, 1.54) is 12.3 Å². The van der Waals surface area contributed by atoms with Crippen LogP contribution in [0.2, 0.25) is 18.1 Å². The Labute approximate surface area is 203 Å². The van der Waals surface area contributed by atoms with Crippen molar-refractivity contribution in [1.82, 2.24) is 9.71 Å². The molecule has 0 aliphatic carbocycles. The van der Waals surface area contributed by atoms with Gasteiger partial charge in [-0.2, -0.15) is 0 Å². The fourth-order valence-electron chi connectivity index (χ4n) is 2.81. The lowest BCUT2D eigenvalue weighted by Gasteiger charge is -2.36. The van der Waals surface area contributed by atoms with Crippen LogP contribution in [-0.2, 0) is 27.6 Å². The van der Waals surface area contributed by atoms with E-state index >= 15 is 0 Å². The Morgan fingerprint density at radius 3 is 2.09 bits per heavy atom. The van der Waals surface area contributed by atoms with E-state index < -0.39 is 47.6 Å². The molecule has 1 aromatic heterocycles. The lowest BCUT2D eigenvalue weighted by Crippen LogP contribution is -2.53. The summed E-state index contributed by atoms with van der Waals surface area (Å²) in [7, 11) is -4.02. The Morgan fingerprint density at radius 2 is 1.65 bits per heavy atom. The number of nitrogens with zero attached hydrogens (tertiary/aromatic N) is 1. The Morgan fingerprint density at radius 1 is 1.03 bits per heavy atom. The highest BCUT2D eigenvalue weighted by Gasteiger charge is 2.48. The standard InChI is InChI=1S/C24H34F4N2O2SSi/c1-22(2,3)33(31)30-24(21(27)28,17-10-11-18(25)19(26)13-17)20-12-9-16(14-29-20)15-32-34(7,8)23(4,5)6/h9-14,21,30H,15H2,1-8H3/t24?,33-/m1/s1. The molecule has 2 atom stereocenters. The molecular formula is C24H34F4N2O2SSi. The van der Waals surface area contributed by atoms with Crippen molar-refractivity contribution in [3.8, 4) is 0 Å². The quantitative estimate of drug-likeness (QED) is 0.323. The molecule has 0 fully saturated rings. The van der Waals surface area contributed by atoms with Crippen LogP contribution in [0.15, 0.2) is 36.5 Å². The second kappa shape index (κ2) is 10.2. The Hall–Kier alpha value is -1.62. The van der Waals surface area contributed by atoms with Crippen molar-refractivity contribution < 1.29 is 26.2 Å². The lowest BCUT2D eigenvalue weighted by atomic mass is 9.87. The van der Waals surface area contributed by atoms with Gasteiger partial charge in [-0.15, -0.1) is 0 Å². The first-order valence-electron chi connectivity index (χ1n) is 10.9. The van der Waals surface area contributed by atoms with Gasteiger partial charge in [0.25, 0.3) is 6.43 Å². The molecule has 4 nitrogen and oxygen atoms in total. The highest BCUT2D eigenvalue weighted by molar-refractivity contribution is 7.84. The summed E-state index contributed by atoms with van der Waals surface area (Å²) in [4.78, 5) is 4.24. The Kier molecular flexibility index (Phi) is 8.55. The molecule has 0 saturated heterocycles. The summed E-state index contributed by atoms with van der Waals surface area (Å²) in [6.45, 7) is 15.7. The van der Waals surface area contributed by atoms with Gasteiger partial charge in [0.05, 0.1) is 28.0 Å². The van der Waals surface area contributed by atoms with E-state index in [0.29, 0.717) is 11.6 Å². The van der Waals surface area contributed by atoms with Crippen molar-refractivity contribution >= 4 is 19.3 Å². The molecule has 2 aromatic rings. The number of halogens is 4. The predicted molar refractivity (Wildman–Crippen MR) is 130 cm³/mol. The first-order valence-corrected chi connectivity index (χ1v) is 15.0. The minimum atomic E-state index is -3.18. The second-order valence-electron chi connectivity index (χ2n) is 10.8. The van der Waals surface area contributed by atoms with Gasteiger partial charge in [0.15, 0.2) is 25.5 Å². The van der Waals surface area contributed by atoms with Crippen molar-refractivity contribution in [3.05, 3.63) is 65.0 Å². The Bertz CT molecular complexity index is 1020. The molecule has 190 valence electrons. The predicted octanol–water partition coefficient (Wildman–Crippen LogP) is 6.44. The summed E-state index contributed by atoms with van der Waals surface area (Å²) in [6.07, 6.45) is -1.76. The van der Waals surface area contributed by atoms with Crippen LogP contribution in [0.4, 0.5) is 17.6 Å². The van der Waals surface area contributed by atoms with Gasteiger partial charge in [-0.3, -0.25) is 4.98 Å². The third kappa shape index (κ3) is 6.13. The first kappa shape index (κ1) is 28.6. The van der Waals surface area contributed by atoms with Gasteiger partial charge in [-0.1, -0.05) is 32.9 Å². The van der Waals surface area contributed by atoms with Crippen molar-refractivity contribution in [1.29, 1.82) is 0 Å². The molecule has 0 aliphatic heterocycles. The summed E-state index contributed by atoms with van der Waals surface area (Å²) in [5, 5.41) is -0.00120. The van der Waals surface area contributed by atoms with Gasteiger partial charge in [-0.25, -0.2) is 26.5 Å². The minimum Gasteiger partial charge on any atom is -0.413 e. The molecule has 0 radical (unpaired) electrons. The van der Waals surface area contributed by atoms with E-state index in [1.807, 2.05) is 0 Å². The maximum atomic E-state index is 14.8. The van der Waals surface area contributed by atoms with Gasteiger partial charge < -0.3 is 4.43 Å². The zero-order valence-corrected chi connectivity index (χ0v) is 22.7. The van der Waals surface area contributed by atoms with Crippen molar-refractivity contribution in [2.75, 3.05) is 0 Å². The summed E-state index contributed by atoms with van der Waals surface area (Å²) in [6, 6.07) is 5.49. The number of nitrogens with one attached hydrogen (secondary N) is 1. The van der Waals surface area contributed by atoms with E-state index in [1.54, 1.807) is 26.8 Å². The number of alkyl halides is 2. The van der Waals surface area contributed by atoms with E-state index in [2.05, 4.69) is 43.6 Å². The van der Waals surface area contributed by atoms with Gasteiger partial charge in [0.2, 0.25) is 0 Å². The summed E-state index contributed by atoms with van der Waals surface area (Å²) < 4.78 is 77.9. The molecule has 0 saturated carbocycles. The second-order valence-corrected chi connectivity index (χ2v) is 17.6. The fourth-order valence-corrected chi connectivity index (χ4v) is 4.68. The van der Waals surface area contributed by atoms with E-state index in [9.17, 15) is 21.8 Å². The minimum absolute atomic E-state index is 0.00120. The summed E-state index contributed by atoms with van der Waals surface area (Å²) in [5.74, 6) is -2.46. The van der Waals surface area contributed by atoms with Crippen LogP contribution in [-0.4, -0.2) is 28.7 Å². The van der Waals surface area contributed by atoms with Gasteiger partial charge in [0, 0.05) is 6.20 Å². The third-order valence-electron chi connectivity index (χ3n) is 6.15. The van der Waals surface area contributed by atoms with Crippen LogP contribution >= 0.6 is 0 Å². The number of hydrogen-bond acceptors (Lipinski definition) is 3. The van der Waals surface area contributed by atoms with Crippen LogP contribution in [0, 0.1) is 11.6 Å². The molecule has 0 bridgehead atoms. The summed E-state index contributed by atoms with van der Waals surface area (Å²) >= 11 is 0. The number of rotatable bonds is 8. The molecule has 0 amide bonds. The van der Waals surface area contributed by atoms with Crippen molar-refractivity contribution in [2.45, 2.75) is 83.0 Å². The van der Waals surface area contributed by atoms with Crippen molar-refractivity contribution in [2.24, 2.45) is 0 Å². The topological polar surface area (TPSA) is 51.2 Å². The van der Waals surface area contributed by atoms with E-state index in [-0.39, 0.29) is 22.9 Å². The fraction of sp³-hybridized carbons (Fsp3) is 0.542.